The Kier molecular flexibility index (Phi) is 26.1. The fourth-order valence-electron chi connectivity index (χ4n) is 1.98. The number of nitrogens with zero attached hydrogens (tertiary/aromatic N) is 1. The van der Waals surface area contributed by atoms with Gasteiger partial charge in [0.25, 0.3) is 0 Å². The molecule has 0 fully saturated rings. The molecule has 0 aliphatic rings. The van der Waals surface area contributed by atoms with Crippen molar-refractivity contribution in [2.24, 2.45) is 0 Å². The van der Waals surface area contributed by atoms with Crippen LogP contribution in [0.2, 0.25) is 0 Å². The van der Waals surface area contributed by atoms with Crippen molar-refractivity contribution >= 4 is 53.1 Å². The van der Waals surface area contributed by atoms with Crippen molar-refractivity contribution < 1.29 is 36.6 Å². The van der Waals surface area contributed by atoms with Gasteiger partial charge in [-0.25, -0.2) is 0 Å². The molecule has 2 unspecified atom stereocenters. The summed E-state index contributed by atoms with van der Waals surface area (Å²) in [5, 5.41) is 20.6. The van der Waals surface area contributed by atoms with E-state index >= 15 is 0 Å². The van der Waals surface area contributed by atoms with Crippen LogP contribution in [0.15, 0.2) is 12.7 Å². The van der Waals surface area contributed by atoms with E-state index in [1.165, 1.54) is 0 Å². The number of hydrogen-bond acceptors (Lipinski definition) is 4. The Labute approximate surface area is 174 Å². The van der Waals surface area contributed by atoms with Gasteiger partial charge in [0.05, 0.1) is 6.54 Å². The normalized spacial score (nSPS) is 15.5. The van der Waals surface area contributed by atoms with Crippen molar-refractivity contribution in [3.8, 4) is 0 Å². The third-order valence-corrected chi connectivity index (χ3v) is 3.19. The molecule has 0 aromatic carbocycles. The fourth-order valence-corrected chi connectivity index (χ4v) is 1.98. The van der Waals surface area contributed by atoms with Gasteiger partial charge in [0.2, 0.25) is 12.5 Å². The summed E-state index contributed by atoms with van der Waals surface area (Å²) in [5.41, 5.74) is 0. The average molecular weight is 720 g/mol. The zero-order chi connectivity index (χ0) is 14.0. The second kappa shape index (κ2) is 18.0. The third kappa shape index (κ3) is 10.2. The number of halogens is 1. The Hall–Kier alpha value is 1.62. The SMILES string of the molecule is C=CC[N+](CC)(C(O)COCC)C(O)COCC.[Cl-].[PoH2].[PoH2]. The van der Waals surface area contributed by atoms with Gasteiger partial charge in [-0.2, -0.15) is 0 Å². The molecular formula is C13H32ClNO4Po2. The van der Waals surface area contributed by atoms with Crippen LogP contribution >= 0.6 is 0 Å². The van der Waals surface area contributed by atoms with Crippen molar-refractivity contribution in [1.29, 1.82) is 0 Å². The van der Waals surface area contributed by atoms with Gasteiger partial charge in [0.15, 0.2) is 0 Å². The number of aliphatic hydroxyl groups is 2. The molecule has 0 bridgehead atoms. The molecule has 0 aromatic rings. The molecule has 132 valence electrons. The van der Waals surface area contributed by atoms with Crippen molar-refractivity contribution in [2.45, 2.75) is 33.2 Å². The van der Waals surface area contributed by atoms with Crippen LogP contribution in [0, 0.1) is 0 Å². The topological polar surface area (TPSA) is 58.9 Å². The number of rotatable bonds is 11. The van der Waals surface area contributed by atoms with Gasteiger partial charge in [-0.3, -0.25) is 4.48 Å². The number of quaternary nitrogens is 1. The van der Waals surface area contributed by atoms with Crippen LogP contribution in [0.5, 0.6) is 0 Å². The van der Waals surface area contributed by atoms with E-state index in [2.05, 4.69) is 6.58 Å². The number of likely N-dealkylation sites (N-methyl/N-ethyl adjacent to an activating group) is 1. The quantitative estimate of drug-likeness (QED) is 0.130. The summed E-state index contributed by atoms with van der Waals surface area (Å²) in [5.74, 6) is 0. The van der Waals surface area contributed by atoms with Gasteiger partial charge < -0.3 is 32.1 Å². The molecule has 0 saturated carbocycles. The van der Waals surface area contributed by atoms with Crippen LogP contribution in [0.25, 0.3) is 0 Å². The first-order valence-electron chi connectivity index (χ1n) is 6.57. The molecule has 0 aliphatic carbocycles. The Morgan fingerprint density at radius 1 is 1.00 bits per heavy atom. The molecule has 8 heteroatoms. The minimum atomic E-state index is -0.789. The standard InChI is InChI=1S/C13H28NO4.ClH.2Po.4H/c1-5-9-14(6-2,12(15)10-17-7-3)13(16)11-18-8-4;;;;;;;/h5,12-13,15-16H,1,6-11H2,2-4H3;1H;;;;;;/q+1;;;;;;;/p-1. The predicted molar refractivity (Wildman–Crippen MR) is 88.0 cm³/mol. The van der Waals surface area contributed by atoms with Crippen LogP contribution in [-0.2, 0) is 9.47 Å². The van der Waals surface area contributed by atoms with E-state index in [4.69, 9.17) is 9.47 Å². The monoisotopic (exact) mass is 719 g/mol. The Morgan fingerprint density at radius 2 is 1.38 bits per heavy atom. The Balaban J connectivity index is -0.000000482. The molecule has 0 rings (SSSR count). The molecule has 0 aromatic heterocycles. The molecule has 0 amide bonds. The third-order valence-electron chi connectivity index (χ3n) is 3.19. The summed E-state index contributed by atoms with van der Waals surface area (Å²) in [7, 11) is 0. The van der Waals surface area contributed by atoms with Crippen LogP contribution in [-0.4, -0.2) is 120 Å². The van der Waals surface area contributed by atoms with E-state index in [1.807, 2.05) is 20.8 Å². The molecule has 0 radical (unpaired) electrons. The van der Waals surface area contributed by atoms with E-state index in [1.54, 1.807) is 6.08 Å². The van der Waals surface area contributed by atoms with Crippen molar-refractivity contribution in [3.05, 3.63) is 12.7 Å². The van der Waals surface area contributed by atoms with Crippen LogP contribution in [0.4, 0.5) is 0 Å². The molecular weight excluding hydrogens is 688 g/mol. The van der Waals surface area contributed by atoms with Gasteiger partial charge >= 0.3 is 53.1 Å². The van der Waals surface area contributed by atoms with Crippen LogP contribution in [0.1, 0.15) is 20.8 Å². The van der Waals surface area contributed by atoms with Crippen molar-refractivity contribution in [3.63, 3.8) is 0 Å². The maximum atomic E-state index is 10.3. The first-order chi connectivity index (χ1) is 8.58. The first-order valence-corrected chi connectivity index (χ1v) is 6.57. The summed E-state index contributed by atoms with van der Waals surface area (Å²) < 4.78 is 10.6. The first kappa shape index (κ1) is 30.5. The molecule has 0 heterocycles. The number of ether oxygens (including phenoxy) is 2. The molecule has 21 heavy (non-hydrogen) atoms. The second-order valence-corrected chi connectivity index (χ2v) is 4.17. The van der Waals surface area contributed by atoms with Gasteiger partial charge in [-0.05, 0) is 26.8 Å². The van der Waals surface area contributed by atoms with E-state index in [0.29, 0.717) is 26.3 Å². The van der Waals surface area contributed by atoms with Gasteiger partial charge in [-0.15, -0.1) is 0 Å². The predicted octanol–water partition coefficient (Wildman–Crippen LogP) is -4.11. The van der Waals surface area contributed by atoms with E-state index in [9.17, 15) is 10.2 Å². The molecule has 2 atom stereocenters. The van der Waals surface area contributed by atoms with E-state index in [-0.39, 0.29) is 83.2 Å². The zero-order valence-corrected chi connectivity index (χ0v) is 21.7. The van der Waals surface area contributed by atoms with Crippen LogP contribution in [0.3, 0.4) is 0 Å². The van der Waals surface area contributed by atoms with Crippen molar-refractivity contribution in [1.82, 2.24) is 0 Å². The van der Waals surface area contributed by atoms with E-state index in [0.717, 1.165) is 0 Å². The Bertz CT molecular complexity index is 224. The summed E-state index contributed by atoms with van der Waals surface area (Å²) in [6.45, 7) is 11.9. The number of hydrogen-bond donors (Lipinski definition) is 2. The zero-order valence-electron chi connectivity index (χ0n) is 13.2. The van der Waals surface area contributed by atoms with E-state index < -0.39 is 12.5 Å². The summed E-state index contributed by atoms with van der Waals surface area (Å²) in [6.07, 6.45) is 0.125. The molecule has 0 spiro atoms. The summed E-state index contributed by atoms with van der Waals surface area (Å²) >= 11 is 0. The van der Waals surface area contributed by atoms with Gasteiger partial charge in [-0.1, -0.05) is 6.58 Å². The second-order valence-electron chi connectivity index (χ2n) is 4.17. The fraction of sp³-hybridized carbons (Fsp3) is 0.846. The van der Waals surface area contributed by atoms with Crippen LogP contribution < -0.4 is 12.4 Å². The van der Waals surface area contributed by atoms with Gasteiger partial charge in [0.1, 0.15) is 19.8 Å². The van der Waals surface area contributed by atoms with Crippen molar-refractivity contribution in [2.75, 3.05) is 39.5 Å². The number of aliphatic hydroxyl groups excluding tert-OH is 2. The summed E-state index contributed by atoms with van der Waals surface area (Å²) in [4.78, 5) is 0. The molecule has 0 aliphatic heterocycles. The summed E-state index contributed by atoms with van der Waals surface area (Å²) in [6, 6.07) is 0. The van der Waals surface area contributed by atoms with Gasteiger partial charge in [0, 0.05) is 13.2 Å². The Morgan fingerprint density at radius 3 is 1.62 bits per heavy atom. The molecule has 0 saturated heterocycles. The average Bonchev–Trinajstić information content (AvgIpc) is 2.39. The minimum absolute atomic E-state index is 0. The molecule has 2 N–H and O–H groups in total. The molecule has 5 nitrogen and oxygen atoms in total. The maximum absolute atomic E-state index is 10.3.